The van der Waals surface area contributed by atoms with Crippen molar-refractivity contribution in [3.8, 4) is 0 Å². The van der Waals surface area contributed by atoms with E-state index in [4.69, 9.17) is 61.6 Å². The molecule has 13 heterocycles. The molecule has 18 nitrogen and oxygen atoms in total. The summed E-state index contributed by atoms with van der Waals surface area (Å²) >= 11 is 0. The molecule has 32 atom stereocenters. The molecule has 78 heavy (non-hydrogen) atoms. The molecule has 5 N–H and O–H groups in total. The summed E-state index contributed by atoms with van der Waals surface area (Å²) in [4.78, 5) is 0. The van der Waals surface area contributed by atoms with E-state index in [0.29, 0.717) is 51.6 Å². The molecule has 13 aliphatic heterocycles. The minimum absolute atomic E-state index is 0.0912. The van der Waals surface area contributed by atoms with Gasteiger partial charge in [0.05, 0.1) is 123 Å². The van der Waals surface area contributed by atoms with E-state index in [1.807, 2.05) is 43.4 Å². The van der Waals surface area contributed by atoms with Gasteiger partial charge in [-0.3, -0.25) is 0 Å². The summed E-state index contributed by atoms with van der Waals surface area (Å²) in [5, 5.41) is 55.4. The molecule has 0 saturated carbocycles. The average molecular weight is 1100 g/mol. The minimum atomic E-state index is -1.02. The molecule has 434 valence electrons. The zero-order valence-electron chi connectivity index (χ0n) is 45.8. The number of fused-ring (bicyclic) bond motifs is 11. The zero-order chi connectivity index (χ0) is 53.8. The Balaban J connectivity index is 0.678. The molecule has 0 aromatic rings. The maximum atomic E-state index is 12.4. The smallest absolute Gasteiger partial charge is 0.171 e. The Bertz CT molecular complexity index is 2250. The summed E-state index contributed by atoms with van der Waals surface area (Å²) in [6, 6.07) is 0. The summed E-state index contributed by atoms with van der Waals surface area (Å²) in [6.45, 7) is 11.0. The van der Waals surface area contributed by atoms with E-state index < -0.39 is 116 Å². The van der Waals surface area contributed by atoms with Crippen LogP contribution in [0.5, 0.6) is 0 Å². The number of aliphatic hydroxyl groups excluding tert-OH is 5. The molecule has 18 heteroatoms. The van der Waals surface area contributed by atoms with Crippen LogP contribution in [0, 0.1) is 23.7 Å². The van der Waals surface area contributed by atoms with Gasteiger partial charge in [0, 0.05) is 43.9 Å². The van der Waals surface area contributed by atoms with Crippen LogP contribution in [-0.2, 0) is 61.6 Å². The highest BCUT2D eigenvalue weighted by atomic mass is 16.7. The van der Waals surface area contributed by atoms with Crippen LogP contribution in [0.15, 0.2) is 60.8 Å². The third kappa shape index (κ3) is 10.2. The SMILES string of the molecule is C[C@@H]1C[C@@H]2O[C@@H]3[C@@H](C)[C@H](O)[C@@H]4O[C@@]5(CCCO5)[C@@H](C)[C@H](C)[C@H]4O[C@H]3C[C@H]2O[C@H]2C[C@H]3O[C@H]4C/C=C\C[C@H]5O[C@H]6C=C[C@H]7O[C@H]8[C@H](O)[C@H]9O[C@@H](/C=C/[C@H](O)CO)C=CC[C@@H]9O[C@@H]8C[C@@H]7O[C@@H]6C=C[C@@H]5O[C@@H]4C[C@@H](O)[C@]3(C)O[C@@H]2C1. The van der Waals surface area contributed by atoms with E-state index in [1.165, 1.54) is 6.08 Å². The Morgan fingerprint density at radius 3 is 1.94 bits per heavy atom. The van der Waals surface area contributed by atoms with Gasteiger partial charge < -0.3 is 87.1 Å². The van der Waals surface area contributed by atoms with Crippen molar-refractivity contribution < 1.29 is 87.1 Å². The normalized spacial score (nSPS) is 56.5. The first-order chi connectivity index (χ1) is 37.6. The largest absolute Gasteiger partial charge is 0.393 e. The molecule has 0 aromatic carbocycles. The van der Waals surface area contributed by atoms with Crippen LogP contribution in [0.25, 0.3) is 0 Å². The Morgan fingerprint density at radius 2 is 1.15 bits per heavy atom. The average Bonchev–Trinajstić information content (AvgIpc) is 3.66. The van der Waals surface area contributed by atoms with Gasteiger partial charge in [0.25, 0.3) is 0 Å². The number of ether oxygens (including phenoxy) is 13. The Kier molecular flexibility index (Phi) is 15.7. The fourth-order valence-corrected chi connectivity index (χ4v) is 15.9. The summed E-state index contributed by atoms with van der Waals surface area (Å²) in [7, 11) is 0. The quantitative estimate of drug-likeness (QED) is 0.252. The summed E-state index contributed by atoms with van der Waals surface area (Å²) < 4.78 is 89.3. The van der Waals surface area contributed by atoms with Crippen molar-refractivity contribution in [3.05, 3.63) is 60.8 Å². The number of rotatable bonds is 3. The van der Waals surface area contributed by atoms with Crippen molar-refractivity contribution in [2.24, 2.45) is 23.7 Å². The predicted octanol–water partition coefficient (Wildman–Crippen LogP) is 4.00. The topological polar surface area (TPSA) is 221 Å². The number of hydrogen-bond acceptors (Lipinski definition) is 18. The lowest BCUT2D eigenvalue weighted by Crippen LogP contribution is -2.63. The zero-order valence-corrected chi connectivity index (χ0v) is 45.8. The molecular weight excluding hydrogens is 1010 g/mol. The van der Waals surface area contributed by atoms with Crippen LogP contribution in [0.1, 0.15) is 105 Å². The van der Waals surface area contributed by atoms with Gasteiger partial charge in [0.15, 0.2) is 5.79 Å². The van der Waals surface area contributed by atoms with E-state index >= 15 is 0 Å². The molecule has 0 aromatic heterocycles. The van der Waals surface area contributed by atoms with Crippen molar-refractivity contribution in [1.82, 2.24) is 0 Å². The van der Waals surface area contributed by atoms with Crippen molar-refractivity contribution >= 4 is 0 Å². The first-order valence-corrected chi connectivity index (χ1v) is 29.9. The van der Waals surface area contributed by atoms with Crippen LogP contribution in [0.2, 0.25) is 0 Å². The van der Waals surface area contributed by atoms with Crippen LogP contribution < -0.4 is 0 Å². The molecule has 13 aliphatic rings. The fourth-order valence-electron chi connectivity index (χ4n) is 15.9. The van der Waals surface area contributed by atoms with Crippen molar-refractivity contribution in [2.45, 2.75) is 275 Å². The van der Waals surface area contributed by atoms with Gasteiger partial charge in [-0.05, 0) is 57.3 Å². The van der Waals surface area contributed by atoms with Gasteiger partial charge in [0.2, 0.25) is 0 Å². The van der Waals surface area contributed by atoms with Crippen molar-refractivity contribution in [2.75, 3.05) is 13.2 Å². The van der Waals surface area contributed by atoms with Crippen molar-refractivity contribution in [1.29, 1.82) is 0 Å². The monoisotopic (exact) mass is 1090 g/mol. The van der Waals surface area contributed by atoms with Gasteiger partial charge in [-0.15, -0.1) is 0 Å². The highest BCUT2D eigenvalue weighted by molar-refractivity contribution is 5.18. The lowest BCUT2D eigenvalue weighted by atomic mass is 9.76. The van der Waals surface area contributed by atoms with Crippen LogP contribution in [-0.4, -0.2) is 209 Å². The summed E-state index contributed by atoms with van der Waals surface area (Å²) in [6.07, 6.45) is 13.4. The lowest BCUT2D eigenvalue weighted by Gasteiger charge is -2.53. The molecule has 1 spiro atoms. The first-order valence-electron chi connectivity index (χ1n) is 29.9. The number of hydrogen-bond donors (Lipinski definition) is 5. The second-order valence-corrected chi connectivity index (χ2v) is 25.6. The van der Waals surface area contributed by atoms with E-state index in [2.05, 4.69) is 39.8 Å². The highest BCUT2D eigenvalue weighted by Crippen LogP contribution is 2.52. The maximum absolute atomic E-state index is 12.4. The van der Waals surface area contributed by atoms with Crippen LogP contribution >= 0.6 is 0 Å². The van der Waals surface area contributed by atoms with Gasteiger partial charge in [-0.1, -0.05) is 88.5 Å². The van der Waals surface area contributed by atoms with E-state index in [-0.39, 0.29) is 84.7 Å². The molecule has 9 fully saturated rings. The standard InChI is InChI=1S/C60H86O18/c1-29-22-42-44(25-48-54(75-42)31(3)52(64)58-55(76-48)30(2)32(4)60(78-58)20-9-21-66-60)72-46-27-51-59(5,77-47(46)23-29)50(63)26-45-36(73-51)12-7-6-11-35-37(70-45)16-17-39-38(68-35)18-19-40-43(69-39)24-49-57(74-40)53(65)56-41(71-49)13-8-10-34(67-56)15-14-33(62)28-61/h6-8,10,14-19,29-58,61-65H,9,11-13,20-28H2,1-5H3/b7-6-,15-14+/t29-,30+,31+,32+,33+,34-,35-,36+,37+,38+,39-,40-,41+,42+,43+,44-,45-,46+,47-,48+,49-,50-,51-,52+,53-,54-,55-,56+,57-,58+,59+,60+/m1/s1. The first kappa shape index (κ1) is 55.2. The van der Waals surface area contributed by atoms with E-state index in [0.717, 1.165) is 25.7 Å². The van der Waals surface area contributed by atoms with Gasteiger partial charge in [0.1, 0.15) is 54.4 Å². The second-order valence-electron chi connectivity index (χ2n) is 25.6. The highest BCUT2D eigenvalue weighted by Gasteiger charge is 2.62. The molecular formula is C60H86O18. The third-order valence-corrected chi connectivity index (χ3v) is 20.6. The third-order valence-electron chi connectivity index (χ3n) is 20.6. The Hall–Kier alpha value is -2.02. The van der Waals surface area contributed by atoms with Gasteiger partial charge >= 0.3 is 0 Å². The van der Waals surface area contributed by atoms with E-state index in [9.17, 15) is 25.5 Å². The van der Waals surface area contributed by atoms with Crippen LogP contribution in [0.4, 0.5) is 0 Å². The molecule has 0 aliphatic carbocycles. The predicted molar refractivity (Wildman–Crippen MR) is 278 cm³/mol. The Labute approximate surface area is 458 Å². The van der Waals surface area contributed by atoms with Gasteiger partial charge in [-0.25, -0.2) is 0 Å². The molecule has 0 unspecified atom stereocenters. The van der Waals surface area contributed by atoms with Gasteiger partial charge in [-0.2, -0.15) is 0 Å². The summed E-state index contributed by atoms with van der Waals surface area (Å²) in [5.74, 6) is -0.520. The van der Waals surface area contributed by atoms with E-state index in [1.54, 1.807) is 6.08 Å². The minimum Gasteiger partial charge on any atom is -0.393 e. The Morgan fingerprint density at radius 1 is 0.526 bits per heavy atom. The van der Waals surface area contributed by atoms with Crippen LogP contribution in [0.3, 0.4) is 0 Å². The molecule has 0 amide bonds. The molecule has 9 saturated heterocycles. The summed E-state index contributed by atoms with van der Waals surface area (Å²) in [5.41, 5.74) is -1.02. The fraction of sp³-hybridized carbons (Fsp3) is 0.833. The maximum Gasteiger partial charge on any atom is 0.171 e. The molecule has 0 bridgehead atoms. The lowest BCUT2D eigenvalue weighted by molar-refractivity contribution is -0.339. The molecule has 0 radical (unpaired) electrons. The number of aliphatic hydroxyl groups is 5. The van der Waals surface area contributed by atoms with Crippen molar-refractivity contribution in [3.63, 3.8) is 0 Å². The molecule has 13 rings (SSSR count). The second kappa shape index (κ2) is 22.2.